The number of hydrogen-bond donors (Lipinski definition) is 1. The van der Waals surface area contributed by atoms with Crippen LogP contribution in [0.5, 0.6) is 0 Å². The summed E-state index contributed by atoms with van der Waals surface area (Å²) in [6, 6.07) is 8.60. The van der Waals surface area contributed by atoms with E-state index in [9.17, 15) is 0 Å². The van der Waals surface area contributed by atoms with Crippen LogP contribution in [0, 0.1) is 6.92 Å². The van der Waals surface area contributed by atoms with Gasteiger partial charge in [-0.3, -0.25) is 4.98 Å². The molecule has 0 radical (unpaired) electrons. The van der Waals surface area contributed by atoms with Crippen LogP contribution in [0.1, 0.15) is 36.6 Å². The Morgan fingerprint density at radius 3 is 2.71 bits per heavy atom. The summed E-state index contributed by atoms with van der Waals surface area (Å²) in [5, 5.41) is 1.26. The molecule has 2 N–H and O–H groups in total. The third kappa shape index (κ3) is 2.32. The van der Waals surface area contributed by atoms with E-state index in [1.165, 1.54) is 16.5 Å². The van der Waals surface area contributed by atoms with Crippen molar-refractivity contribution in [2.75, 3.05) is 6.54 Å². The number of rotatable bonds is 3. The van der Waals surface area contributed by atoms with E-state index in [1.54, 1.807) is 0 Å². The predicted octanol–water partition coefficient (Wildman–Crippen LogP) is 3.17. The molecule has 0 atom stereocenters. The second-order valence-electron chi connectivity index (χ2n) is 4.86. The van der Waals surface area contributed by atoms with E-state index >= 15 is 0 Å². The number of nitrogens with zero attached hydrogens (tertiary/aromatic N) is 1. The minimum absolute atomic E-state index is 0.499. The highest BCUT2D eigenvalue weighted by Crippen LogP contribution is 2.26. The van der Waals surface area contributed by atoms with Crippen molar-refractivity contribution in [1.82, 2.24) is 4.98 Å². The zero-order valence-electron chi connectivity index (χ0n) is 10.8. The summed E-state index contributed by atoms with van der Waals surface area (Å²) in [7, 11) is 0. The zero-order chi connectivity index (χ0) is 12.4. The monoisotopic (exact) mass is 228 g/mol. The van der Waals surface area contributed by atoms with Crippen molar-refractivity contribution in [3.8, 4) is 0 Å². The lowest BCUT2D eigenvalue weighted by molar-refractivity contribution is 0.871. The number of pyridine rings is 1. The normalized spacial score (nSPS) is 11.4. The van der Waals surface area contributed by atoms with Gasteiger partial charge in [0.2, 0.25) is 0 Å². The number of hydrogen-bond acceptors (Lipinski definition) is 2. The van der Waals surface area contributed by atoms with Gasteiger partial charge in [-0.1, -0.05) is 32.0 Å². The van der Waals surface area contributed by atoms with Crippen LogP contribution in [0.4, 0.5) is 0 Å². The van der Waals surface area contributed by atoms with Gasteiger partial charge in [0.1, 0.15) is 0 Å². The van der Waals surface area contributed by atoms with Gasteiger partial charge in [0.25, 0.3) is 0 Å². The van der Waals surface area contributed by atoms with E-state index in [1.807, 2.05) is 0 Å². The molecule has 0 spiro atoms. The molecule has 0 unspecified atom stereocenters. The fourth-order valence-corrected chi connectivity index (χ4v) is 2.31. The van der Waals surface area contributed by atoms with Crippen LogP contribution in [-0.2, 0) is 6.42 Å². The molecule has 0 saturated carbocycles. The van der Waals surface area contributed by atoms with Gasteiger partial charge in [0.15, 0.2) is 0 Å². The molecule has 2 aromatic rings. The lowest BCUT2D eigenvalue weighted by Crippen LogP contribution is -2.05. The van der Waals surface area contributed by atoms with Gasteiger partial charge < -0.3 is 5.73 Å². The smallest absolute Gasteiger partial charge is 0.0742 e. The van der Waals surface area contributed by atoms with E-state index in [2.05, 4.69) is 45.0 Å². The van der Waals surface area contributed by atoms with Crippen LogP contribution in [-0.4, -0.2) is 11.5 Å². The first-order chi connectivity index (χ1) is 8.13. The van der Waals surface area contributed by atoms with E-state index in [0.717, 1.165) is 17.6 Å². The summed E-state index contributed by atoms with van der Waals surface area (Å²) in [5.41, 5.74) is 10.5. The Morgan fingerprint density at radius 2 is 2.06 bits per heavy atom. The maximum Gasteiger partial charge on any atom is 0.0742 e. The zero-order valence-corrected chi connectivity index (χ0v) is 10.8. The molecule has 0 fully saturated rings. The minimum Gasteiger partial charge on any atom is -0.330 e. The molecule has 0 amide bonds. The van der Waals surface area contributed by atoms with Crippen molar-refractivity contribution >= 4 is 10.9 Å². The average molecular weight is 228 g/mol. The van der Waals surface area contributed by atoms with Crippen LogP contribution >= 0.6 is 0 Å². The third-order valence-electron chi connectivity index (χ3n) is 3.12. The average Bonchev–Trinajstić information content (AvgIpc) is 2.28. The molecule has 0 bridgehead atoms. The Kier molecular flexibility index (Phi) is 3.43. The Hall–Kier alpha value is -1.41. The number of aryl methyl sites for hydroxylation is 1. The standard InChI is InChI=1S/C15H20N2/c1-10(2)13-5-4-6-14-12(7-8-16)9-11(3)17-15(13)14/h4-6,9-10H,7-8,16H2,1-3H3. The Labute approximate surface area is 103 Å². The molecule has 1 aromatic carbocycles. The summed E-state index contributed by atoms with van der Waals surface area (Å²) in [5.74, 6) is 0.499. The van der Waals surface area contributed by atoms with Crippen molar-refractivity contribution in [3.63, 3.8) is 0 Å². The summed E-state index contributed by atoms with van der Waals surface area (Å²) in [6.45, 7) is 7.16. The minimum atomic E-state index is 0.499. The van der Waals surface area contributed by atoms with Gasteiger partial charge in [0, 0.05) is 11.1 Å². The third-order valence-corrected chi connectivity index (χ3v) is 3.12. The first-order valence-corrected chi connectivity index (χ1v) is 6.22. The molecule has 2 nitrogen and oxygen atoms in total. The van der Waals surface area contributed by atoms with Crippen molar-refractivity contribution in [2.45, 2.75) is 33.1 Å². The van der Waals surface area contributed by atoms with E-state index < -0.39 is 0 Å². The van der Waals surface area contributed by atoms with Gasteiger partial charge in [-0.2, -0.15) is 0 Å². The second-order valence-corrected chi connectivity index (χ2v) is 4.86. The lowest BCUT2D eigenvalue weighted by atomic mass is 9.96. The molecule has 0 aliphatic heterocycles. The van der Waals surface area contributed by atoms with Crippen molar-refractivity contribution in [2.24, 2.45) is 5.73 Å². The number of para-hydroxylation sites is 1. The second kappa shape index (κ2) is 4.84. The molecule has 1 heterocycles. The number of aromatic nitrogens is 1. The molecular formula is C15H20N2. The van der Waals surface area contributed by atoms with Crippen LogP contribution in [0.3, 0.4) is 0 Å². The van der Waals surface area contributed by atoms with Gasteiger partial charge in [-0.25, -0.2) is 0 Å². The Bertz CT molecular complexity index is 530. The fraction of sp³-hybridized carbons (Fsp3) is 0.400. The number of benzene rings is 1. The van der Waals surface area contributed by atoms with Crippen LogP contribution in [0.15, 0.2) is 24.3 Å². The van der Waals surface area contributed by atoms with Gasteiger partial charge in [-0.05, 0) is 43.0 Å². The van der Waals surface area contributed by atoms with E-state index in [4.69, 9.17) is 10.7 Å². The first kappa shape index (κ1) is 12.1. The highest BCUT2D eigenvalue weighted by Gasteiger charge is 2.09. The number of fused-ring (bicyclic) bond motifs is 1. The molecule has 1 aromatic heterocycles. The topological polar surface area (TPSA) is 38.9 Å². The van der Waals surface area contributed by atoms with Crippen molar-refractivity contribution < 1.29 is 0 Å². The molecular weight excluding hydrogens is 208 g/mol. The maximum absolute atomic E-state index is 5.68. The van der Waals surface area contributed by atoms with Gasteiger partial charge in [0.05, 0.1) is 5.52 Å². The summed E-state index contributed by atoms with van der Waals surface area (Å²) >= 11 is 0. The quantitative estimate of drug-likeness (QED) is 0.876. The molecule has 0 aliphatic carbocycles. The Morgan fingerprint density at radius 1 is 1.29 bits per heavy atom. The lowest BCUT2D eigenvalue weighted by Gasteiger charge is -2.12. The summed E-state index contributed by atoms with van der Waals surface area (Å²) < 4.78 is 0. The fourth-order valence-electron chi connectivity index (χ4n) is 2.31. The van der Waals surface area contributed by atoms with E-state index in [-0.39, 0.29) is 0 Å². The summed E-state index contributed by atoms with van der Waals surface area (Å²) in [6.07, 6.45) is 0.918. The van der Waals surface area contributed by atoms with Crippen molar-refractivity contribution in [1.29, 1.82) is 0 Å². The highest BCUT2D eigenvalue weighted by molar-refractivity contribution is 5.85. The SMILES string of the molecule is Cc1cc(CCN)c2cccc(C(C)C)c2n1. The van der Waals surface area contributed by atoms with Crippen molar-refractivity contribution in [3.05, 3.63) is 41.1 Å². The molecule has 0 saturated heterocycles. The van der Waals surface area contributed by atoms with Gasteiger partial charge >= 0.3 is 0 Å². The largest absolute Gasteiger partial charge is 0.330 e. The molecule has 2 heteroatoms. The van der Waals surface area contributed by atoms with Crippen LogP contribution in [0.2, 0.25) is 0 Å². The van der Waals surface area contributed by atoms with E-state index in [0.29, 0.717) is 12.5 Å². The Balaban J connectivity index is 2.73. The first-order valence-electron chi connectivity index (χ1n) is 6.22. The highest BCUT2D eigenvalue weighted by atomic mass is 14.7. The molecule has 17 heavy (non-hydrogen) atoms. The molecule has 0 aliphatic rings. The van der Waals surface area contributed by atoms with Crippen LogP contribution < -0.4 is 5.73 Å². The number of nitrogens with two attached hydrogens (primary N) is 1. The molecule has 90 valence electrons. The van der Waals surface area contributed by atoms with Crippen LogP contribution in [0.25, 0.3) is 10.9 Å². The molecule has 2 rings (SSSR count). The summed E-state index contributed by atoms with van der Waals surface area (Å²) in [4.78, 5) is 4.70. The predicted molar refractivity (Wildman–Crippen MR) is 73.3 cm³/mol. The van der Waals surface area contributed by atoms with Gasteiger partial charge in [-0.15, -0.1) is 0 Å². The maximum atomic E-state index is 5.68.